The van der Waals surface area contributed by atoms with Crippen molar-refractivity contribution >= 4 is 21.7 Å². The molecule has 18 heavy (non-hydrogen) atoms. The number of alkyl halides is 1. The molecule has 1 unspecified atom stereocenters. The number of carbonyl (C=O) groups excluding carboxylic acids is 1. The Balaban J connectivity index is 3.23. The summed E-state index contributed by atoms with van der Waals surface area (Å²) < 4.78 is 0. The highest BCUT2D eigenvalue weighted by atomic mass is 79.9. The molecule has 0 fully saturated rings. The molecule has 0 aliphatic rings. The van der Waals surface area contributed by atoms with Crippen LogP contribution in [0.5, 0.6) is 0 Å². The Morgan fingerprint density at radius 3 is 2.22 bits per heavy atom. The van der Waals surface area contributed by atoms with Crippen molar-refractivity contribution in [3.8, 4) is 0 Å². The first kappa shape index (κ1) is 15.4. The van der Waals surface area contributed by atoms with Gasteiger partial charge in [-0.1, -0.05) is 68.7 Å². The van der Waals surface area contributed by atoms with E-state index in [0.29, 0.717) is 11.8 Å². The summed E-state index contributed by atoms with van der Waals surface area (Å²) in [5.74, 6) is 1.08. The van der Waals surface area contributed by atoms with Crippen molar-refractivity contribution in [2.24, 2.45) is 0 Å². The van der Waals surface area contributed by atoms with E-state index in [-0.39, 0.29) is 10.6 Å². The third-order valence-electron chi connectivity index (χ3n) is 3.27. The van der Waals surface area contributed by atoms with Gasteiger partial charge in [-0.05, 0) is 29.4 Å². The van der Waals surface area contributed by atoms with Crippen molar-refractivity contribution in [3.63, 3.8) is 0 Å². The van der Waals surface area contributed by atoms with Crippen LogP contribution in [0.2, 0.25) is 0 Å². The molecule has 2 heteroatoms. The minimum atomic E-state index is -0.0695. The molecule has 0 heterocycles. The molecule has 0 saturated carbocycles. The largest absolute Gasteiger partial charge is 0.293 e. The average Bonchev–Trinajstić information content (AvgIpc) is 2.35. The third kappa shape index (κ3) is 3.44. The Morgan fingerprint density at radius 2 is 1.78 bits per heavy atom. The standard InChI is InChI=1S/C16H23BrO/c1-6-15(17)16(18)13-8-7-12(10(2)3)9-14(13)11(4)5/h7-11,15H,6H2,1-5H3. The summed E-state index contributed by atoms with van der Waals surface area (Å²) in [6, 6.07) is 6.27. The highest BCUT2D eigenvalue weighted by Crippen LogP contribution is 2.27. The monoisotopic (exact) mass is 310 g/mol. The number of rotatable bonds is 5. The van der Waals surface area contributed by atoms with E-state index in [2.05, 4.69) is 55.8 Å². The van der Waals surface area contributed by atoms with E-state index < -0.39 is 0 Å². The first-order valence-electron chi connectivity index (χ1n) is 6.70. The predicted octanol–water partition coefficient (Wildman–Crippen LogP) is 5.29. The van der Waals surface area contributed by atoms with Gasteiger partial charge in [0.1, 0.15) is 0 Å². The van der Waals surface area contributed by atoms with Crippen LogP contribution >= 0.6 is 15.9 Å². The zero-order valence-electron chi connectivity index (χ0n) is 12.0. The molecule has 0 aliphatic carbocycles. The fourth-order valence-electron chi connectivity index (χ4n) is 2.00. The van der Waals surface area contributed by atoms with Crippen LogP contribution in [-0.4, -0.2) is 10.6 Å². The normalized spacial score (nSPS) is 13.1. The van der Waals surface area contributed by atoms with Gasteiger partial charge in [0.05, 0.1) is 4.83 Å². The Labute approximate surface area is 119 Å². The van der Waals surface area contributed by atoms with Crippen LogP contribution < -0.4 is 0 Å². The van der Waals surface area contributed by atoms with Crippen LogP contribution in [0, 0.1) is 0 Å². The number of carbonyl (C=O) groups is 1. The second kappa shape index (κ2) is 6.51. The van der Waals surface area contributed by atoms with E-state index in [1.807, 2.05) is 13.0 Å². The van der Waals surface area contributed by atoms with Crippen molar-refractivity contribution < 1.29 is 4.79 Å². The zero-order chi connectivity index (χ0) is 13.9. The summed E-state index contributed by atoms with van der Waals surface area (Å²) in [6.07, 6.45) is 0.822. The summed E-state index contributed by atoms with van der Waals surface area (Å²) in [5.41, 5.74) is 3.35. The van der Waals surface area contributed by atoms with Crippen molar-refractivity contribution in [1.29, 1.82) is 0 Å². The molecule has 0 spiro atoms. The lowest BCUT2D eigenvalue weighted by Crippen LogP contribution is -2.16. The lowest BCUT2D eigenvalue weighted by molar-refractivity contribution is 0.0989. The maximum atomic E-state index is 12.3. The molecule has 0 radical (unpaired) electrons. The Morgan fingerprint density at radius 1 is 1.17 bits per heavy atom. The van der Waals surface area contributed by atoms with Gasteiger partial charge in [0.25, 0.3) is 0 Å². The number of hydrogen-bond acceptors (Lipinski definition) is 1. The van der Waals surface area contributed by atoms with Gasteiger partial charge < -0.3 is 0 Å². The van der Waals surface area contributed by atoms with Crippen LogP contribution in [0.1, 0.15) is 74.4 Å². The van der Waals surface area contributed by atoms with Gasteiger partial charge in [-0.3, -0.25) is 4.79 Å². The topological polar surface area (TPSA) is 17.1 Å². The minimum Gasteiger partial charge on any atom is -0.293 e. The predicted molar refractivity (Wildman–Crippen MR) is 82.0 cm³/mol. The van der Waals surface area contributed by atoms with E-state index in [4.69, 9.17) is 0 Å². The molecule has 0 N–H and O–H groups in total. The van der Waals surface area contributed by atoms with Gasteiger partial charge in [-0.2, -0.15) is 0 Å². The minimum absolute atomic E-state index is 0.0695. The van der Waals surface area contributed by atoms with Gasteiger partial charge in [0.15, 0.2) is 5.78 Å². The maximum Gasteiger partial charge on any atom is 0.176 e. The van der Waals surface area contributed by atoms with Crippen molar-refractivity contribution in [3.05, 3.63) is 34.9 Å². The van der Waals surface area contributed by atoms with Gasteiger partial charge in [-0.25, -0.2) is 0 Å². The SMILES string of the molecule is CCC(Br)C(=O)c1ccc(C(C)C)cc1C(C)C. The van der Waals surface area contributed by atoms with Crippen molar-refractivity contribution in [1.82, 2.24) is 0 Å². The molecular weight excluding hydrogens is 288 g/mol. The molecule has 1 aromatic rings. The fourth-order valence-corrected chi connectivity index (χ4v) is 2.24. The van der Waals surface area contributed by atoms with Gasteiger partial charge >= 0.3 is 0 Å². The smallest absolute Gasteiger partial charge is 0.176 e. The van der Waals surface area contributed by atoms with Crippen LogP contribution in [0.25, 0.3) is 0 Å². The lowest BCUT2D eigenvalue weighted by atomic mass is 9.89. The van der Waals surface area contributed by atoms with Gasteiger partial charge in [0, 0.05) is 5.56 Å². The molecular formula is C16H23BrO. The third-order valence-corrected chi connectivity index (χ3v) is 4.34. The van der Waals surface area contributed by atoms with Crippen LogP contribution in [0.15, 0.2) is 18.2 Å². The van der Waals surface area contributed by atoms with E-state index in [1.165, 1.54) is 11.1 Å². The quantitative estimate of drug-likeness (QED) is 0.533. The van der Waals surface area contributed by atoms with Crippen LogP contribution in [0.4, 0.5) is 0 Å². The highest BCUT2D eigenvalue weighted by molar-refractivity contribution is 9.10. The van der Waals surface area contributed by atoms with Crippen molar-refractivity contribution in [2.75, 3.05) is 0 Å². The van der Waals surface area contributed by atoms with Gasteiger partial charge in [-0.15, -0.1) is 0 Å². The summed E-state index contributed by atoms with van der Waals surface area (Å²) >= 11 is 3.46. The summed E-state index contributed by atoms with van der Waals surface area (Å²) in [4.78, 5) is 12.3. The van der Waals surface area contributed by atoms with Gasteiger partial charge in [0.2, 0.25) is 0 Å². The number of halogens is 1. The molecule has 0 amide bonds. The van der Waals surface area contributed by atoms with E-state index in [0.717, 1.165) is 12.0 Å². The Bertz CT molecular complexity index is 421. The first-order valence-corrected chi connectivity index (χ1v) is 7.62. The molecule has 0 aliphatic heterocycles. The number of hydrogen-bond donors (Lipinski definition) is 0. The second-order valence-corrected chi connectivity index (χ2v) is 6.50. The maximum absolute atomic E-state index is 12.3. The van der Waals surface area contributed by atoms with Crippen LogP contribution in [0.3, 0.4) is 0 Å². The average molecular weight is 311 g/mol. The second-order valence-electron chi connectivity index (χ2n) is 5.40. The molecule has 100 valence electrons. The molecule has 1 rings (SSSR count). The number of benzene rings is 1. The molecule has 1 aromatic carbocycles. The molecule has 0 bridgehead atoms. The zero-order valence-corrected chi connectivity index (χ0v) is 13.5. The van der Waals surface area contributed by atoms with Crippen LogP contribution in [-0.2, 0) is 0 Å². The Hall–Kier alpha value is -0.630. The molecule has 0 aromatic heterocycles. The molecule has 0 saturated heterocycles. The van der Waals surface area contributed by atoms with E-state index in [1.54, 1.807) is 0 Å². The summed E-state index contributed by atoms with van der Waals surface area (Å²) in [5, 5.41) is 0. The molecule has 1 nitrogen and oxygen atoms in total. The van der Waals surface area contributed by atoms with E-state index >= 15 is 0 Å². The Kier molecular flexibility index (Phi) is 5.58. The first-order chi connectivity index (χ1) is 8.38. The number of ketones is 1. The fraction of sp³-hybridized carbons (Fsp3) is 0.562. The van der Waals surface area contributed by atoms with Crippen molar-refractivity contribution in [2.45, 2.75) is 57.7 Å². The van der Waals surface area contributed by atoms with E-state index in [9.17, 15) is 4.79 Å². The number of Topliss-reactive ketones (excluding diaryl/α,β-unsaturated/α-hetero) is 1. The highest BCUT2D eigenvalue weighted by Gasteiger charge is 2.20. The lowest BCUT2D eigenvalue weighted by Gasteiger charge is -2.17. The molecule has 1 atom stereocenters. The summed E-state index contributed by atoms with van der Waals surface area (Å²) in [6.45, 7) is 10.7. The summed E-state index contributed by atoms with van der Waals surface area (Å²) in [7, 11) is 0.